The van der Waals surface area contributed by atoms with E-state index in [0.717, 1.165) is 30.8 Å². The first kappa shape index (κ1) is 11.4. The summed E-state index contributed by atoms with van der Waals surface area (Å²) in [7, 11) is 1.90. The average molecular weight is 222 g/mol. The van der Waals surface area contributed by atoms with Crippen LogP contribution in [0.25, 0.3) is 0 Å². The largest absolute Gasteiger partial charge is 0.388 e. The van der Waals surface area contributed by atoms with E-state index in [1.54, 1.807) is 6.20 Å². The highest BCUT2D eigenvalue weighted by atomic mass is 16.5. The van der Waals surface area contributed by atoms with E-state index in [0.29, 0.717) is 13.2 Å². The van der Waals surface area contributed by atoms with Crippen molar-refractivity contribution in [3.05, 3.63) is 24.0 Å². The molecule has 16 heavy (non-hydrogen) atoms. The Balaban J connectivity index is 1.75. The van der Waals surface area contributed by atoms with Crippen LogP contribution < -0.4 is 5.32 Å². The molecule has 4 nitrogen and oxygen atoms in total. The van der Waals surface area contributed by atoms with Gasteiger partial charge in [-0.3, -0.25) is 4.98 Å². The van der Waals surface area contributed by atoms with Gasteiger partial charge in [0.25, 0.3) is 0 Å². The van der Waals surface area contributed by atoms with Crippen LogP contribution in [0.2, 0.25) is 0 Å². The molecule has 2 rings (SSSR count). The van der Waals surface area contributed by atoms with Crippen LogP contribution in [0.15, 0.2) is 18.3 Å². The molecule has 0 radical (unpaired) electrons. The summed E-state index contributed by atoms with van der Waals surface area (Å²) in [5.74, 6) is 0. The molecule has 0 spiro atoms. The maximum absolute atomic E-state index is 5.59. The summed E-state index contributed by atoms with van der Waals surface area (Å²) < 4.78 is 11.1. The smallest absolute Gasteiger partial charge is 0.0889 e. The second kappa shape index (κ2) is 5.82. The molecular weight excluding hydrogens is 204 g/mol. The first-order valence-electron chi connectivity index (χ1n) is 5.70. The van der Waals surface area contributed by atoms with Crippen LogP contribution >= 0.6 is 0 Å². The third kappa shape index (κ3) is 3.18. The van der Waals surface area contributed by atoms with E-state index in [4.69, 9.17) is 9.47 Å². The third-order valence-electron chi connectivity index (χ3n) is 2.68. The predicted molar refractivity (Wildman–Crippen MR) is 62.4 cm³/mol. The van der Waals surface area contributed by atoms with Crippen LogP contribution in [-0.2, 0) is 16.1 Å². The van der Waals surface area contributed by atoms with E-state index >= 15 is 0 Å². The number of aromatic nitrogens is 1. The Kier molecular flexibility index (Phi) is 4.13. The molecule has 4 heteroatoms. The number of anilines is 1. The minimum Gasteiger partial charge on any atom is -0.388 e. The second-order valence-corrected chi connectivity index (χ2v) is 3.94. The van der Waals surface area contributed by atoms with Gasteiger partial charge in [0.2, 0.25) is 0 Å². The minimum absolute atomic E-state index is 0.285. The molecular formula is C12H18N2O2. The van der Waals surface area contributed by atoms with Gasteiger partial charge in [-0.05, 0) is 25.0 Å². The number of pyridine rings is 1. The molecule has 1 aliphatic rings. The van der Waals surface area contributed by atoms with Crippen molar-refractivity contribution >= 4 is 5.69 Å². The molecule has 0 saturated carbocycles. The standard InChI is InChI=1S/C12H18N2O2/c1-13-10-4-5-14-11(7-10)8-15-9-12-3-2-6-16-12/h4-5,7,12H,2-3,6,8-9H2,1H3,(H,13,14). The zero-order valence-electron chi connectivity index (χ0n) is 9.61. The van der Waals surface area contributed by atoms with Gasteiger partial charge in [-0.2, -0.15) is 0 Å². The summed E-state index contributed by atoms with van der Waals surface area (Å²) in [6.07, 6.45) is 4.34. The van der Waals surface area contributed by atoms with Crippen molar-refractivity contribution in [3.63, 3.8) is 0 Å². The van der Waals surface area contributed by atoms with E-state index in [-0.39, 0.29) is 6.10 Å². The monoisotopic (exact) mass is 222 g/mol. The highest BCUT2D eigenvalue weighted by Crippen LogP contribution is 2.13. The van der Waals surface area contributed by atoms with Gasteiger partial charge >= 0.3 is 0 Å². The Labute approximate surface area is 96.0 Å². The fraction of sp³-hybridized carbons (Fsp3) is 0.583. The number of nitrogens with one attached hydrogen (secondary N) is 1. The molecule has 0 aliphatic carbocycles. The van der Waals surface area contributed by atoms with Gasteiger partial charge in [0, 0.05) is 25.5 Å². The van der Waals surface area contributed by atoms with Gasteiger partial charge in [0.05, 0.1) is 25.0 Å². The first-order valence-corrected chi connectivity index (χ1v) is 5.70. The van der Waals surface area contributed by atoms with Crippen molar-refractivity contribution in [1.29, 1.82) is 0 Å². The SMILES string of the molecule is CNc1ccnc(COCC2CCCO2)c1. The summed E-state index contributed by atoms with van der Waals surface area (Å²) >= 11 is 0. The predicted octanol–water partition coefficient (Wildman–Crippen LogP) is 1.82. The fourth-order valence-corrected chi connectivity index (χ4v) is 1.78. The summed E-state index contributed by atoms with van der Waals surface area (Å²) in [5, 5.41) is 3.08. The molecule has 1 saturated heterocycles. The summed E-state index contributed by atoms with van der Waals surface area (Å²) in [6, 6.07) is 3.93. The molecule has 1 unspecified atom stereocenters. The average Bonchev–Trinajstić information content (AvgIpc) is 2.82. The number of rotatable bonds is 5. The van der Waals surface area contributed by atoms with Crippen molar-refractivity contribution in [3.8, 4) is 0 Å². The topological polar surface area (TPSA) is 43.4 Å². The number of hydrogen-bond acceptors (Lipinski definition) is 4. The zero-order valence-corrected chi connectivity index (χ0v) is 9.61. The van der Waals surface area contributed by atoms with E-state index in [9.17, 15) is 0 Å². The lowest BCUT2D eigenvalue weighted by atomic mass is 10.2. The molecule has 1 aliphatic heterocycles. The lowest BCUT2D eigenvalue weighted by Gasteiger charge is -2.10. The fourth-order valence-electron chi connectivity index (χ4n) is 1.78. The molecule has 0 amide bonds. The van der Waals surface area contributed by atoms with E-state index < -0.39 is 0 Å². The van der Waals surface area contributed by atoms with E-state index in [1.807, 2.05) is 19.2 Å². The summed E-state index contributed by atoms with van der Waals surface area (Å²) in [4.78, 5) is 4.25. The third-order valence-corrected chi connectivity index (χ3v) is 2.68. The van der Waals surface area contributed by atoms with E-state index in [2.05, 4.69) is 10.3 Å². The van der Waals surface area contributed by atoms with Crippen LogP contribution in [0, 0.1) is 0 Å². The Morgan fingerprint density at radius 2 is 2.56 bits per heavy atom. The summed E-state index contributed by atoms with van der Waals surface area (Å²) in [5.41, 5.74) is 2.01. The molecule has 88 valence electrons. The molecule has 1 aromatic rings. The Bertz CT molecular complexity index is 325. The van der Waals surface area contributed by atoms with Crippen LogP contribution in [-0.4, -0.2) is 31.3 Å². The maximum atomic E-state index is 5.59. The highest BCUT2D eigenvalue weighted by molar-refractivity contribution is 5.42. The van der Waals surface area contributed by atoms with Crippen LogP contribution in [0.3, 0.4) is 0 Å². The number of nitrogens with zero attached hydrogens (tertiary/aromatic N) is 1. The molecule has 1 aromatic heterocycles. The van der Waals surface area contributed by atoms with Gasteiger partial charge in [-0.25, -0.2) is 0 Å². The number of hydrogen-bond donors (Lipinski definition) is 1. The second-order valence-electron chi connectivity index (χ2n) is 3.94. The Hall–Kier alpha value is -1.13. The normalized spacial score (nSPS) is 19.9. The van der Waals surface area contributed by atoms with Gasteiger partial charge < -0.3 is 14.8 Å². The molecule has 1 fully saturated rings. The maximum Gasteiger partial charge on any atom is 0.0889 e. The van der Waals surface area contributed by atoms with Gasteiger partial charge in [0.1, 0.15) is 0 Å². The van der Waals surface area contributed by atoms with Crippen molar-refractivity contribution < 1.29 is 9.47 Å². The van der Waals surface area contributed by atoms with Gasteiger partial charge in [-0.1, -0.05) is 0 Å². The minimum atomic E-state index is 0.285. The van der Waals surface area contributed by atoms with Crippen LogP contribution in [0.4, 0.5) is 5.69 Å². The van der Waals surface area contributed by atoms with Crippen molar-refractivity contribution in [2.45, 2.75) is 25.6 Å². The first-order chi connectivity index (χ1) is 7.88. The van der Waals surface area contributed by atoms with Crippen LogP contribution in [0.1, 0.15) is 18.5 Å². The zero-order chi connectivity index (χ0) is 11.2. The van der Waals surface area contributed by atoms with Gasteiger partial charge in [0.15, 0.2) is 0 Å². The molecule has 2 heterocycles. The quantitative estimate of drug-likeness (QED) is 0.825. The lowest BCUT2D eigenvalue weighted by molar-refractivity contribution is 0.00967. The number of ether oxygens (including phenoxy) is 2. The van der Waals surface area contributed by atoms with Gasteiger partial charge in [-0.15, -0.1) is 0 Å². The lowest BCUT2D eigenvalue weighted by Crippen LogP contribution is -2.14. The molecule has 0 bridgehead atoms. The molecule has 1 atom stereocenters. The van der Waals surface area contributed by atoms with Crippen molar-refractivity contribution in [2.75, 3.05) is 25.6 Å². The van der Waals surface area contributed by atoms with E-state index in [1.165, 1.54) is 0 Å². The Morgan fingerprint density at radius 1 is 1.62 bits per heavy atom. The van der Waals surface area contributed by atoms with Crippen molar-refractivity contribution in [2.24, 2.45) is 0 Å². The molecule has 1 N–H and O–H groups in total. The van der Waals surface area contributed by atoms with Crippen LogP contribution in [0.5, 0.6) is 0 Å². The Morgan fingerprint density at radius 3 is 3.31 bits per heavy atom. The van der Waals surface area contributed by atoms with Crippen molar-refractivity contribution in [1.82, 2.24) is 4.98 Å². The molecule has 0 aromatic carbocycles. The summed E-state index contributed by atoms with van der Waals surface area (Å²) in [6.45, 7) is 2.10. The highest BCUT2D eigenvalue weighted by Gasteiger charge is 2.15.